The van der Waals surface area contributed by atoms with Crippen molar-refractivity contribution >= 4 is 28.8 Å². The van der Waals surface area contributed by atoms with Crippen molar-refractivity contribution in [2.24, 2.45) is 0 Å². The zero-order valence-corrected chi connectivity index (χ0v) is 13.9. The first kappa shape index (κ1) is 15.3. The molecule has 3 rings (SSSR count). The lowest BCUT2D eigenvalue weighted by Crippen LogP contribution is -2.41. The minimum Gasteiger partial charge on any atom is -0.474 e. The Morgan fingerprint density at radius 3 is 2.73 bits per heavy atom. The molecule has 0 bridgehead atoms. The quantitative estimate of drug-likeness (QED) is 0.856. The first-order valence-corrected chi connectivity index (χ1v) is 8.46. The normalized spacial score (nSPS) is 15.8. The van der Waals surface area contributed by atoms with Gasteiger partial charge in [-0.1, -0.05) is 17.7 Å². The van der Waals surface area contributed by atoms with Crippen LogP contribution in [-0.4, -0.2) is 35.0 Å². The maximum absolute atomic E-state index is 12.3. The summed E-state index contributed by atoms with van der Waals surface area (Å²) in [7, 11) is 0. The molecule has 1 aliphatic heterocycles. The van der Waals surface area contributed by atoms with Crippen LogP contribution < -0.4 is 4.74 Å². The highest BCUT2D eigenvalue weighted by Gasteiger charge is 2.25. The van der Waals surface area contributed by atoms with E-state index in [0.717, 1.165) is 18.5 Å². The van der Waals surface area contributed by atoms with Gasteiger partial charge in [-0.05, 0) is 25.1 Å². The smallest absolute Gasteiger partial charge is 0.263 e. The summed E-state index contributed by atoms with van der Waals surface area (Å²) in [6, 6.07) is 9.31. The minimum absolute atomic E-state index is 0.0593. The van der Waals surface area contributed by atoms with Gasteiger partial charge in [-0.3, -0.25) is 4.79 Å². The molecule has 4 nitrogen and oxygen atoms in total. The number of hydrogen-bond donors (Lipinski definition) is 0. The molecule has 1 amide bonds. The van der Waals surface area contributed by atoms with Gasteiger partial charge >= 0.3 is 0 Å². The Morgan fingerprint density at radius 1 is 1.32 bits per heavy atom. The first-order valence-electron chi connectivity index (χ1n) is 7.27. The van der Waals surface area contributed by atoms with Crippen molar-refractivity contribution in [3.05, 3.63) is 45.2 Å². The van der Waals surface area contributed by atoms with Crippen LogP contribution in [-0.2, 0) is 0 Å². The number of likely N-dealkylation sites (tertiary alicyclic amines) is 1. The number of hydrogen-bond acceptors (Lipinski definition) is 4. The van der Waals surface area contributed by atoms with Gasteiger partial charge in [0.15, 0.2) is 0 Å². The van der Waals surface area contributed by atoms with Crippen LogP contribution in [0.4, 0.5) is 0 Å². The second-order valence-corrected chi connectivity index (χ2v) is 7.05. The standard InChI is InChI=1S/C16H17ClN2O2S/c1-11-3-2-4-15(18-11)21-12-7-9-19(10-8-12)16(20)13-5-6-14(17)22-13/h2-6,12H,7-10H2,1H3. The highest BCUT2D eigenvalue weighted by atomic mass is 35.5. The molecule has 2 aromatic rings. The maximum Gasteiger partial charge on any atom is 0.263 e. The number of carbonyl (C=O) groups excluding carboxylic acids is 1. The van der Waals surface area contributed by atoms with E-state index in [1.165, 1.54) is 11.3 Å². The van der Waals surface area contributed by atoms with E-state index in [1.807, 2.05) is 30.0 Å². The van der Waals surface area contributed by atoms with Crippen LogP contribution in [0.25, 0.3) is 0 Å². The number of nitrogens with zero attached hydrogens (tertiary/aromatic N) is 2. The molecule has 3 heterocycles. The summed E-state index contributed by atoms with van der Waals surface area (Å²) in [4.78, 5) is 19.3. The van der Waals surface area contributed by atoms with Gasteiger partial charge in [0.2, 0.25) is 5.88 Å². The van der Waals surface area contributed by atoms with E-state index in [0.29, 0.717) is 28.2 Å². The van der Waals surface area contributed by atoms with E-state index in [4.69, 9.17) is 16.3 Å². The third kappa shape index (κ3) is 3.59. The van der Waals surface area contributed by atoms with Gasteiger partial charge in [0, 0.05) is 37.7 Å². The number of rotatable bonds is 3. The number of thiophene rings is 1. The molecule has 6 heteroatoms. The number of halogens is 1. The molecule has 22 heavy (non-hydrogen) atoms. The van der Waals surface area contributed by atoms with Crippen molar-refractivity contribution in [2.45, 2.75) is 25.9 Å². The molecule has 0 N–H and O–H groups in total. The van der Waals surface area contributed by atoms with Crippen LogP contribution in [0.2, 0.25) is 4.34 Å². The SMILES string of the molecule is Cc1cccc(OC2CCN(C(=O)c3ccc(Cl)s3)CC2)n1. The van der Waals surface area contributed by atoms with E-state index in [-0.39, 0.29) is 12.0 Å². The van der Waals surface area contributed by atoms with Crippen molar-refractivity contribution in [1.82, 2.24) is 9.88 Å². The van der Waals surface area contributed by atoms with Gasteiger partial charge in [-0.2, -0.15) is 0 Å². The molecule has 0 spiro atoms. The predicted molar refractivity (Wildman–Crippen MR) is 87.9 cm³/mol. The van der Waals surface area contributed by atoms with Crippen molar-refractivity contribution in [3.8, 4) is 5.88 Å². The molecule has 2 aromatic heterocycles. The fraction of sp³-hybridized carbons (Fsp3) is 0.375. The Balaban J connectivity index is 1.55. The summed E-state index contributed by atoms with van der Waals surface area (Å²) in [5.74, 6) is 0.721. The average Bonchev–Trinajstić information content (AvgIpc) is 2.94. The molecule has 116 valence electrons. The molecule has 1 aliphatic rings. The first-order chi connectivity index (χ1) is 10.6. The average molecular weight is 337 g/mol. The zero-order valence-electron chi connectivity index (χ0n) is 12.3. The highest BCUT2D eigenvalue weighted by molar-refractivity contribution is 7.17. The Hall–Kier alpha value is -1.59. The number of aromatic nitrogens is 1. The lowest BCUT2D eigenvalue weighted by atomic mass is 10.1. The second kappa shape index (κ2) is 6.67. The van der Waals surface area contributed by atoms with Crippen molar-refractivity contribution in [3.63, 3.8) is 0 Å². The lowest BCUT2D eigenvalue weighted by Gasteiger charge is -2.31. The third-order valence-electron chi connectivity index (χ3n) is 3.66. The van der Waals surface area contributed by atoms with Crippen molar-refractivity contribution in [1.29, 1.82) is 0 Å². The fourth-order valence-corrected chi connectivity index (χ4v) is 3.53. The number of ether oxygens (including phenoxy) is 1. The van der Waals surface area contributed by atoms with E-state index in [1.54, 1.807) is 12.1 Å². The van der Waals surface area contributed by atoms with Crippen LogP contribution in [0, 0.1) is 6.92 Å². The van der Waals surface area contributed by atoms with Gasteiger partial charge in [0.25, 0.3) is 5.91 Å². The summed E-state index contributed by atoms with van der Waals surface area (Å²) in [6.45, 7) is 3.34. The Morgan fingerprint density at radius 2 is 2.09 bits per heavy atom. The largest absolute Gasteiger partial charge is 0.474 e. The van der Waals surface area contributed by atoms with Crippen LogP contribution in [0.1, 0.15) is 28.2 Å². The molecular weight excluding hydrogens is 320 g/mol. The molecule has 0 saturated carbocycles. The molecule has 1 saturated heterocycles. The summed E-state index contributed by atoms with van der Waals surface area (Å²) < 4.78 is 6.55. The lowest BCUT2D eigenvalue weighted by molar-refractivity contribution is 0.0592. The highest BCUT2D eigenvalue weighted by Crippen LogP contribution is 2.25. The maximum atomic E-state index is 12.3. The second-order valence-electron chi connectivity index (χ2n) is 5.33. The van der Waals surface area contributed by atoms with Crippen LogP contribution in [0.15, 0.2) is 30.3 Å². The van der Waals surface area contributed by atoms with E-state index in [2.05, 4.69) is 4.98 Å². The zero-order chi connectivity index (χ0) is 15.5. The molecule has 0 radical (unpaired) electrons. The Labute approximate surface area is 138 Å². The van der Waals surface area contributed by atoms with Crippen molar-refractivity contribution in [2.75, 3.05) is 13.1 Å². The molecule has 0 aromatic carbocycles. The van der Waals surface area contributed by atoms with Gasteiger partial charge < -0.3 is 9.64 Å². The number of carbonyl (C=O) groups is 1. The predicted octanol–water partition coefficient (Wildman–Crippen LogP) is 3.79. The van der Waals surface area contributed by atoms with Crippen LogP contribution in [0.3, 0.4) is 0 Å². The third-order valence-corrected chi connectivity index (χ3v) is 4.88. The van der Waals surface area contributed by atoms with Crippen LogP contribution >= 0.6 is 22.9 Å². The minimum atomic E-state index is 0.0593. The monoisotopic (exact) mass is 336 g/mol. The van der Waals surface area contributed by atoms with E-state index >= 15 is 0 Å². The molecule has 0 atom stereocenters. The summed E-state index contributed by atoms with van der Waals surface area (Å²) in [6.07, 6.45) is 1.76. The Bertz CT molecular complexity index is 666. The summed E-state index contributed by atoms with van der Waals surface area (Å²) in [5.41, 5.74) is 0.944. The van der Waals surface area contributed by atoms with Crippen LogP contribution in [0.5, 0.6) is 5.88 Å². The molecule has 0 aliphatic carbocycles. The number of pyridine rings is 1. The number of piperidine rings is 1. The van der Waals surface area contributed by atoms with Gasteiger partial charge in [0.1, 0.15) is 6.10 Å². The molecule has 1 fully saturated rings. The topological polar surface area (TPSA) is 42.4 Å². The van der Waals surface area contributed by atoms with E-state index in [9.17, 15) is 4.79 Å². The van der Waals surface area contributed by atoms with Gasteiger partial charge in [-0.15, -0.1) is 11.3 Å². The van der Waals surface area contributed by atoms with Gasteiger partial charge in [0.05, 0.1) is 9.21 Å². The van der Waals surface area contributed by atoms with E-state index < -0.39 is 0 Å². The fourth-order valence-electron chi connectivity index (χ4n) is 2.52. The number of amides is 1. The summed E-state index contributed by atoms with van der Waals surface area (Å²) in [5, 5.41) is 0. The summed E-state index contributed by atoms with van der Waals surface area (Å²) >= 11 is 7.22. The molecular formula is C16H17ClN2O2S. The Kier molecular flexibility index (Phi) is 4.64. The molecule has 0 unspecified atom stereocenters. The van der Waals surface area contributed by atoms with Gasteiger partial charge in [-0.25, -0.2) is 4.98 Å². The van der Waals surface area contributed by atoms with Crippen molar-refractivity contribution < 1.29 is 9.53 Å². The number of aryl methyl sites for hydroxylation is 1.